The minimum Gasteiger partial charge on any atom is -0.356 e. The van der Waals surface area contributed by atoms with Crippen LogP contribution in [0.2, 0.25) is 0 Å². The van der Waals surface area contributed by atoms with Crippen LogP contribution >= 0.6 is 24.0 Å². The molecule has 2 bridgehead atoms. The molecule has 0 spiro atoms. The van der Waals surface area contributed by atoms with Crippen LogP contribution in [0.15, 0.2) is 4.99 Å². The van der Waals surface area contributed by atoms with Crippen molar-refractivity contribution in [1.82, 2.24) is 10.6 Å². The summed E-state index contributed by atoms with van der Waals surface area (Å²) in [7, 11) is 1.78. The van der Waals surface area contributed by atoms with Crippen LogP contribution in [0.4, 0.5) is 0 Å². The molecule has 2 aliphatic carbocycles. The van der Waals surface area contributed by atoms with Crippen molar-refractivity contribution in [3.63, 3.8) is 0 Å². The van der Waals surface area contributed by atoms with Crippen molar-refractivity contribution in [1.29, 1.82) is 0 Å². The average Bonchev–Trinajstić information content (AvgIpc) is 2.95. The number of fused-ring (bicyclic) bond motifs is 2. The molecule has 3 nitrogen and oxygen atoms in total. The molecule has 0 aliphatic heterocycles. The highest BCUT2D eigenvalue weighted by atomic mass is 127. The molecule has 102 valence electrons. The number of rotatable bonds is 4. The van der Waals surface area contributed by atoms with Crippen molar-refractivity contribution >= 4 is 29.9 Å². The summed E-state index contributed by atoms with van der Waals surface area (Å²) in [5, 5.41) is 6.42. The molecular formula is C14H24IN3. The van der Waals surface area contributed by atoms with Gasteiger partial charge < -0.3 is 10.6 Å². The molecule has 0 heterocycles. The van der Waals surface area contributed by atoms with E-state index in [-0.39, 0.29) is 24.0 Å². The second-order valence-corrected chi connectivity index (χ2v) is 5.28. The number of guanidine groups is 1. The van der Waals surface area contributed by atoms with Gasteiger partial charge in [-0.1, -0.05) is 12.3 Å². The molecule has 0 radical (unpaired) electrons. The van der Waals surface area contributed by atoms with E-state index in [1.807, 2.05) is 0 Å². The molecule has 0 aromatic heterocycles. The Balaban J connectivity index is 0.00000162. The summed E-state index contributed by atoms with van der Waals surface area (Å²) >= 11 is 0. The first-order valence-electron chi connectivity index (χ1n) is 6.71. The van der Waals surface area contributed by atoms with Gasteiger partial charge in [-0.15, -0.1) is 30.4 Å². The number of aliphatic imine (C=N–C) groups is 1. The smallest absolute Gasteiger partial charge is 0.191 e. The Hall–Kier alpha value is -0.440. The first kappa shape index (κ1) is 15.6. The molecule has 2 saturated carbocycles. The first-order chi connectivity index (χ1) is 8.33. The summed E-state index contributed by atoms with van der Waals surface area (Å²) in [5.41, 5.74) is 0. The molecule has 0 amide bonds. The second kappa shape index (κ2) is 7.88. The molecule has 2 aliphatic rings. The minimum atomic E-state index is 0. The van der Waals surface area contributed by atoms with Crippen molar-refractivity contribution in [2.45, 2.75) is 32.1 Å². The minimum absolute atomic E-state index is 0. The zero-order valence-electron chi connectivity index (χ0n) is 11.1. The molecule has 0 saturated heterocycles. The molecule has 0 aromatic carbocycles. The van der Waals surface area contributed by atoms with E-state index in [1.54, 1.807) is 7.05 Å². The van der Waals surface area contributed by atoms with Gasteiger partial charge in [0.15, 0.2) is 5.96 Å². The molecule has 3 unspecified atom stereocenters. The summed E-state index contributed by atoms with van der Waals surface area (Å²) < 4.78 is 0. The molecule has 2 N–H and O–H groups in total. The van der Waals surface area contributed by atoms with Crippen molar-refractivity contribution < 1.29 is 0 Å². The zero-order chi connectivity index (χ0) is 12.1. The fourth-order valence-corrected chi connectivity index (χ4v) is 3.46. The highest BCUT2D eigenvalue weighted by Crippen LogP contribution is 2.49. The largest absolute Gasteiger partial charge is 0.356 e. The Bertz CT molecular complexity index is 321. The lowest BCUT2D eigenvalue weighted by Crippen LogP contribution is -2.38. The van der Waals surface area contributed by atoms with Crippen molar-refractivity contribution in [2.24, 2.45) is 22.7 Å². The van der Waals surface area contributed by atoms with E-state index >= 15 is 0 Å². The standard InChI is InChI=1S/C14H23N3.HI/c1-3-7-16-14(15-2)17-8-6-13-10-11-4-5-12(13)9-11;/h1,11-13H,4-10H2,2H3,(H2,15,16,17);1H. The van der Waals surface area contributed by atoms with Gasteiger partial charge in [-0.2, -0.15) is 0 Å². The van der Waals surface area contributed by atoms with Gasteiger partial charge in [0.1, 0.15) is 0 Å². The van der Waals surface area contributed by atoms with Crippen LogP contribution in [0.25, 0.3) is 0 Å². The number of hydrogen-bond acceptors (Lipinski definition) is 1. The fourth-order valence-electron chi connectivity index (χ4n) is 3.46. The van der Waals surface area contributed by atoms with Gasteiger partial charge in [0.25, 0.3) is 0 Å². The maximum absolute atomic E-state index is 5.21. The van der Waals surface area contributed by atoms with E-state index in [0.717, 1.165) is 30.3 Å². The van der Waals surface area contributed by atoms with Crippen LogP contribution in [-0.2, 0) is 0 Å². The highest BCUT2D eigenvalue weighted by molar-refractivity contribution is 14.0. The lowest BCUT2D eigenvalue weighted by molar-refractivity contribution is 0.315. The summed E-state index contributed by atoms with van der Waals surface area (Å²) in [6, 6.07) is 0. The Morgan fingerprint density at radius 1 is 1.33 bits per heavy atom. The molecular weight excluding hydrogens is 337 g/mol. The lowest BCUT2D eigenvalue weighted by Gasteiger charge is -2.22. The van der Waals surface area contributed by atoms with Gasteiger partial charge in [-0.3, -0.25) is 4.99 Å². The highest BCUT2D eigenvalue weighted by Gasteiger charge is 2.38. The average molecular weight is 361 g/mol. The predicted molar refractivity (Wildman–Crippen MR) is 87.2 cm³/mol. The molecule has 18 heavy (non-hydrogen) atoms. The lowest BCUT2D eigenvalue weighted by atomic mass is 9.86. The van der Waals surface area contributed by atoms with Crippen molar-refractivity contribution in [3.8, 4) is 12.3 Å². The number of halogens is 1. The van der Waals surface area contributed by atoms with E-state index in [2.05, 4.69) is 21.5 Å². The van der Waals surface area contributed by atoms with Crippen molar-refractivity contribution in [2.75, 3.05) is 20.1 Å². The van der Waals surface area contributed by atoms with Crippen LogP contribution in [0.3, 0.4) is 0 Å². The number of hydrogen-bond donors (Lipinski definition) is 2. The van der Waals surface area contributed by atoms with E-state index in [9.17, 15) is 0 Å². The normalized spacial score (nSPS) is 29.6. The Morgan fingerprint density at radius 2 is 2.17 bits per heavy atom. The van der Waals surface area contributed by atoms with Crippen LogP contribution < -0.4 is 10.6 Å². The maximum Gasteiger partial charge on any atom is 0.191 e. The zero-order valence-corrected chi connectivity index (χ0v) is 13.4. The van der Waals surface area contributed by atoms with Crippen molar-refractivity contribution in [3.05, 3.63) is 0 Å². The SMILES string of the molecule is C#CCNC(=NC)NCCC1CC2CCC1C2.I. The molecule has 2 fully saturated rings. The fraction of sp³-hybridized carbons (Fsp3) is 0.786. The topological polar surface area (TPSA) is 36.4 Å². The first-order valence-corrected chi connectivity index (χ1v) is 6.71. The molecule has 3 atom stereocenters. The predicted octanol–water partition coefficient (Wildman–Crippen LogP) is 2.23. The number of terminal acetylenes is 1. The third kappa shape index (κ3) is 4.04. The second-order valence-electron chi connectivity index (χ2n) is 5.28. The third-order valence-corrected chi connectivity index (χ3v) is 4.27. The van der Waals surface area contributed by atoms with Gasteiger partial charge in [0.2, 0.25) is 0 Å². The molecule has 2 rings (SSSR count). The van der Waals surface area contributed by atoms with Gasteiger partial charge in [0, 0.05) is 13.6 Å². The van der Waals surface area contributed by atoms with Crippen LogP contribution in [0, 0.1) is 30.1 Å². The van der Waals surface area contributed by atoms with E-state index in [1.165, 1.54) is 32.1 Å². The Labute approximate surface area is 128 Å². The summed E-state index contributed by atoms with van der Waals surface area (Å²) in [6.45, 7) is 1.55. The Kier molecular flexibility index (Phi) is 6.83. The summed E-state index contributed by atoms with van der Waals surface area (Å²) in [5.74, 6) is 6.39. The van der Waals surface area contributed by atoms with Gasteiger partial charge in [0.05, 0.1) is 6.54 Å². The van der Waals surface area contributed by atoms with Gasteiger partial charge >= 0.3 is 0 Å². The van der Waals surface area contributed by atoms with Gasteiger partial charge in [-0.05, 0) is 43.4 Å². The van der Waals surface area contributed by atoms with Gasteiger partial charge in [-0.25, -0.2) is 0 Å². The molecule has 0 aromatic rings. The maximum atomic E-state index is 5.21. The van der Waals surface area contributed by atoms with E-state index in [4.69, 9.17) is 6.42 Å². The summed E-state index contributed by atoms with van der Waals surface area (Å²) in [6.07, 6.45) is 12.4. The molecule has 4 heteroatoms. The van der Waals surface area contributed by atoms with Crippen LogP contribution in [0.5, 0.6) is 0 Å². The quantitative estimate of drug-likeness (QED) is 0.349. The number of nitrogens with zero attached hydrogens (tertiary/aromatic N) is 1. The van der Waals surface area contributed by atoms with E-state index in [0.29, 0.717) is 6.54 Å². The van der Waals surface area contributed by atoms with E-state index < -0.39 is 0 Å². The monoisotopic (exact) mass is 361 g/mol. The third-order valence-electron chi connectivity index (χ3n) is 4.27. The number of nitrogens with one attached hydrogen (secondary N) is 2. The van der Waals surface area contributed by atoms with Crippen LogP contribution in [-0.4, -0.2) is 26.1 Å². The summed E-state index contributed by atoms with van der Waals surface area (Å²) in [4.78, 5) is 4.14. The Morgan fingerprint density at radius 3 is 2.72 bits per heavy atom. The van der Waals surface area contributed by atoms with Crippen LogP contribution in [0.1, 0.15) is 32.1 Å².